The molecular weight excluding hydrogens is 304 g/mol. The standard InChI is InChI=1S/C18H26N4O2/c1-21(2)18(24)16-7-4-12-22(16)13-5-11-20-17(23)9-8-15-6-3-10-19-14-15/h3,6,8-10,14,16H,4-5,7,11-13H2,1-2H3,(H,20,23)/b9-8-/t16-/m0/s1. The summed E-state index contributed by atoms with van der Waals surface area (Å²) in [5, 5.41) is 2.88. The van der Waals surface area contributed by atoms with Crippen LogP contribution in [0.15, 0.2) is 30.6 Å². The van der Waals surface area contributed by atoms with Crippen molar-refractivity contribution in [3.8, 4) is 0 Å². The van der Waals surface area contributed by atoms with E-state index in [4.69, 9.17) is 0 Å². The van der Waals surface area contributed by atoms with Crippen molar-refractivity contribution in [3.05, 3.63) is 36.2 Å². The van der Waals surface area contributed by atoms with Crippen LogP contribution in [0.4, 0.5) is 0 Å². The highest BCUT2D eigenvalue weighted by Crippen LogP contribution is 2.18. The lowest BCUT2D eigenvalue weighted by Crippen LogP contribution is -2.43. The number of nitrogens with one attached hydrogen (secondary N) is 1. The maximum atomic E-state index is 12.1. The number of aromatic nitrogens is 1. The molecule has 1 aliphatic rings. The van der Waals surface area contributed by atoms with Gasteiger partial charge in [-0.15, -0.1) is 0 Å². The molecule has 1 aromatic heterocycles. The van der Waals surface area contributed by atoms with Crippen molar-refractivity contribution in [3.63, 3.8) is 0 Å². The van der Waals surface area contributed by atoms with Gasteiger partial charge in [-0.1, -0.05) is 6.07 Å². The smallest absolute Gasteiger partial charge is 0.244 e. The van der Waals surface area contributed by atoms with Crippen LogP contribution in [0.5, 0.6) is 0 Å². The summed E-state index contributed by atoms with van der Waals surface area (Å²) in [6.45, 7) is 2.39. The summed E-state index contributed by atoms with van der Waals surface area (Å²) in [4.78, 5) is 31.8. The van der Waals surface area contributed by atoms with E-state index in [0.717, 1.165) is 37.9 Å². The van der Waals surface area contributed by atoms with Gasteiger partial charge < -0.3 is 10.2 Å². The zero-order chi connectivity index (χ0) is 17.4. The Morgan fingerprint density at radius 3 is 3.00 bits per heavy atom. The molecular formula is C18H26N4O2. The molecule has 1 saturated heterocycles. The van der Waals surface area contributed by atoms with Crippen molar-refractivity contribution in [2.75, 3.05) is 33.7 Å². The van der Waals surface area contributed by atoms with E-state index in [1.54, 1.807) is 37.5 Å². The topological polar surface area (TPSA) is 65.5 Å². The first-order chi connectivity index (χ1) is 11.6. The Bertz CT molecular complexity index is 572. The SMILES string of the molecule is CN(C)C(=O)[C@@H]1CCCN1CCCNC(=O)/C=C\c1cccnc1. The molecule has 1 aliphatic heterocycles. The number of carbonyl (C=O) groups is 2. The zero-order valence-electron chi connectivity index (χ0n) is 14.4. The van der Waals surface area contributed by atoms with E-state index < -0.39 is 0 Å². The number of hydrogen-bond acceptors (Lipinski definition) is 4. The molecule has 2 rings (SSSR count). The van der Waals surface area contributed by atoms with Gasteiger partial charge in [-0.25, -0.2) is 0 Å². The van der Waals surface area contributed by atoms with Gasteiger partial charge in [-0.3, -0.25) is 19.5 Å². The van der Waals surface area contributed by atoms with Crippen LogP contribution in [0.2, 0.25) is 0 Å². The van der Waals surface area contributed by atoms with Crippen molar-refractivity contribution < 1.29 is 9.59 Å². The summed E-state index contributed by atoms with van der Waals surface area (Å²) < 4.78 is 0. The van der Waals surface area contributed by atoms with Gasteiger partial charge in [-0.2, -0.15) is 0 Å². The first kappa shape index (κ1) is 18.1. The number of likely N-dealkylation sites (N-methyl/N-ethyl adjacent to an activating group) is 1. The van der Waals surface area contributed by atoms with Gasteiger partial charge in [0.2, 0.25) is 11.8 Å². The fourth-order valence-electron chi connectivity index (χ4n) is 2.87. The lowest BCUT2D eigenvalue weighted by Gasteiger charge is -2.25. The molecule has 0 spiro atoms. The van der Waals surface area contributed by atoms with Crippen LogP contribution in [0, 0.1) is 0 Å². The fraction of sp³-hybridized carbons (Fsp3) is 0.500. The van der Waals surface area contributed by atoms with Crippen molar-refractivity contribution in [2.24, 2.45) is 0 Å². The molecule has 2 amide bonds. The molecule has 0 radical (unpaired) electrons. The summed E-state index contributed by atoms with van der Waals surface area (Å²) in [6.07, 6.45) is 9.49. The first-order valence-corrected chi connectivity index (χ1v) is 8.39. The van der Waals surface area contributed by atoms with Gasteiger partial charge in [0.25, 0.3) is 0 Å². The number of hydrogen-bond donors (Lipinski definition) is 1. The predicted octanol–water partition coefficient (Wildman–Crippen LogP) is 1.15. The zero-order valence-corrected chi connectivity index (χ0v) is 14.4. The summed E-state index contributed by atoms with van der Waals surface area (Å²) in [7, 11) is 3.60. The minimum absolute atomic E-state index is 0.00109. The quantitative estimate of drug-likeness (QED) is 0.602. The minimum atomic E-state index is -0.110. The summed E-state index contributed by atoms with van der Waals surface area (Å²) in [5.74, 6) is 0.0668. The van der Waals surface area contributed by atoms with Gasteiger partial charge in [0, 0.05) is 45.7 Å². The predicted molar refractivity (Wildman–Crippen MR) is 94.2 cm³/mol. The Morgan fingerprint density at radius 1 is 1.46 bits per heavy atom. The van der Waals surface area contributed by atoms with Gasteiger partial charge in [0.1, 0.15) is 0 Å². The second-order valence-electron chi connectivity index (χ2n) is 6.19. The van der Waals surface area contributed by atoms with Crippen LogP contribution in [0.1, 0.15) is 24.8 Å². The lowest BCUT2D eigenvalue weighted by atomic mass is 10.2. The average Bonchev–Trinajstić information content (AvgIpc) is 3.05. The van der Waals surface area contributed by atoms with E-state index in [-0.39, 0.29) is 17.9 Å². The normalized spacial score (nSPS) is 18.0. The van der Waals surface area contributed by atoms with Gasteiger partial charge in [-0.05, 0) is 43.5 Å². The largest absolute Gasteiger partial charge is 0.353 e. The van der Waals surface area contributed by atoms with E-state index in [2.05, 4.69) is 15.2 Å². The Hall–Kier alpha value is -2.21. The Kier molecular flexibility index (Phi) is 6.93. The molecule has 24 heavy (non-hydrogen) atoms. The summed E-state index contributed by atoms with van der Waals surface area (Å²) in [5.41, 5.74) is 0.898. The van der Waals surface area contributed by atoms with E-state index >= 15 is 0 Å². The Labute approximate surface area is 143 Å². The van der Waals surface area contributed by atoms with Crippen LogP contribution in [0.25, 0.3) is 6.08 Å². The number of carbonyl (C=O) groups excluding carboxylic acids is 2. The maximum absolute atomic E-state index is 12.1. The van der Waals surface area contributed by atoms with E-state index in [1.165, 1.54) is 6.08 Å². The second-order valence-corrected chi connectivity index (χ2v) is 6.19. The number of likely N-dealkylation sites (tertiary alicyclic amines) is 1. The maximum Gasteiger partial charge on any atom is 0.244 e. The minimum Gasteiger partial charge on any atom is -0.353 e. The first-order valence-electron chi connectivity index (χ1n) is 8.39. The molecule has 0 unspecified atom stereocenters. The molecule has 1 fully saturated rings. The fourth-order valence-corrected chi connectivity index (χ4v) is 2.87. The third-order valence-corrected chi connectivity index (χ3v) is 4.12. The molecule has 0 aliphatic carbocycles. The molecule has 2 heterocycles. The van der Waals surface area contributed by atoms with Gasteiger partial charge >= 0.3 is 0 Å². The average molecular weight is 330 g/mol. The van der Waals surface area contributed by atoms with Crippen LogP contribution in [-0.2, 0) is 9.59 Å². The molecule has 1 atom stereocenters. The summed E-state index contributed by atoms with van der Waals surface area (Å²) >= 11 is 0. The van der Waals surface area contributed by atoms with Crippen LogP contribution < -0.4 is 5.32 Å². The molecule has 6 nitrogen and oxygen atoms in total. The molecule has 1 aromatic rings. The van der Waals surface area contributed by atoms with Crippen molar-refractivity contribution >= 4 is 17.9 Å². The second kappa shape index (κ2) is 9.17. The molecule has 0 saturated carbocycles. The number of pyridine rings is 1. The summed E-state index contributed by atoms with van der Waals surface area (Å²) in [6, 6.07) is 3.73. The third-order valence-electron chi connectivity index (χ3n) is 4.12. The molecule has 1 N–H and O–H groups in total. The number of nitrogens with zero attached hydrogens (tertiary/aromatic N) is 3. The van der Waals surface area contributed by atoms with Crippen LogP contribution in [-0.4, -0.2) is 66.4 Å². The Balaban J connectivity index is 1.68. The van der Waals surface area contributed by atoms with E-state index in [0.29, 0.717) is 6.54 Å². The molecule has 0 aromatic carbocycles. The van der Waals surface area contributed by atoms with E-state index in [9.17, 15) is 9.59 Å². The molecule has 130 valence electrons. The van der Waals surface area contributed by atoms with Crippen LogP contribution >= 0.6 is 0 Å². The number of rotatable bonds is 7. The third kappa shape index (κ3) is 5.45. The molecule has 0 bridgehead atoms. The molecule has 6 heteroatoms. The highest BCUT2D eigenvalue weighted by atomic mass is 16.2. The number of amides is 2. The van der Waals surface area contributed by atoms with Gasteiger partial charge in [0.15, 0.2) is 0 Å². The van der Waals surface area contributed by atoms with Crippen molar-refractivity contribution in [1.82, 2.24) is 20.1 Å². The van der Waals surface area contributed by atoms with Gasteiger partial charge in [0.05, 0.1) is 6.04 Å². The highest BCUT2D eigenvalue weighted by Gasteiger charge is 2.30. The van der Waals surface area contributed by atoms with Crippen LogP contribution in [0.3, 0.4) is 0 Å². The van der Waals surface area contributed by atoms with Crippen molar-refractivity contribution in [1.29, 1.82) is 0 Å². The Morgan fingerprint density at radius 2 is 2.29 bits per heavy atom. The highest BCUT2D eigenvalue weighted by molar-refractivity contribution is 5.91. The van der Waals surface area contributed by atoms with Crippen molar-refractivity contribution in [2.45, 2.75) is 25.3 Å². The lowest BCUT2D eigenvalue weighted by molar-refractivity contribution is -0.133. The monoisotopic (exact) mass is 330 g/mol. The van der Waals surface area contributed by atoms with E-state index in [1.807, 2.05) is 12.1 Å².